The second kappa shape index (κ2) is 4.07. The number of allylic oxidation sites excluding steroid dienone is 2. The number of hydrogen-bond acceptors (Lipinski definition) is 1. The molecule has 0 aliphatic heterocycles. The fourth-order valence-electron chi connectivity index (χ4n) is 5.27. The highest BCUT2D eigenvalue weighted by molar-refractivity contribution is 5.65. The third-order valence-corrected chi connectivity index (χ3v) is 6.98. The topological polar surface area (TPSA) is 17.1 Å². The monoisotopic (exact) mass is 268 g/mol. The van der Waals surface area contributed by atoms with Gasteiger partial charge in [0.25, 0.3) is 0 Å². The first-order chi connectivity index (χ1) is 9.40. The van der Waals surface area contributed by atoms with Crippen LogP contribution in [0.3, 0.4) is 0 Å². The van der Waals surface area contributed by atoms with Gasteiger partial charge in [-0.1, -0.05) is 62.2 Å². The van der Waals surface area contributed by atoms with E-state index in [2.05, 4.69) is 58.9 Å². The van der Waals surface area contributed by atoms with Crippen LogP contribution in [0.2, 0.25) is 0 Å². The van der Waals surface area contributed by atoms with E-state index in [9.17, 15) is 4.79 Å². The van der Waals surface area contributed by atoms with E-state index in [1.807, 2.05) is 6.07 Å². The number of carbonyl (C=O) groups excluding carboxylic acids is 1. The van der Waals surface area contributed by atoms with Gasteiger partial charge < -0.3 is 4.79 Å². The highest BCUT2D eigenvalue weighted by atomic mass is 16.1. The SMILES string of the molecule is CC1=C(C)C2(C)C(c3ccccc3)C(C=O)C1(C)C2C. The van der Waals surface area contributed by atoms with Gasteiger partial charge in [0.1, 0.15) is 6.29 Å². The normalized spacial score (nSPS) is 43.1. The molecule has 1 saturated carbocycles. The first-order valence-electron chi connectivity index (χ1n) is 7.58. The summed E-state index contributed by atoms with van der Waals surface area (Å²) in [5.74, 6) is 0.911. The van der Waals surface area contributed by atoms with Gasteiger partial charge in [0.15, 0.2) is 0 Å². The van der Waals surface area contributed by atoms with E-state index in [0.29, 0.717) is 11.8 Å². The van der Waals surface area contributed by atoms with E-state index < -0.39 is 0 Å². The van der Waals surface area contributed by atoms with Crippen LogP contribution < -0.4 is 0 Å². The van der Waals surface area contributed by atoms with Crippen molar-refractivity contribution in [1.82, 2.24) is 0 Å². The van der Waals surface area contributed by atoms with Gasteiger partial charge in [-0.15, -0.1) is 0 Å². The number of fused-ring (bicyclic) bond motifs is 2. The molecular formula is C19H24O. The lowest BCUT2D eigenvalue weighted by atomic mass is 9.63. The molecule has 0 saturated heterocycles. The number of carbonyl (C=O) groups is 1. The van der Waals surface area contributed by atoms with Gasteiger partial charge in [-0.05, 0) is 30.7 Å². The highest BCUT2D eigenvalue weighted by Gasteiger charge is 2.67. The highest BCUT2D eigenvalue weighted by Crippen LogP contribution is 2.74. The van der Waals surface area contributed by atoms with Crippen molar-refractivity contribution in [2.24, 2.45) is 22.7 Å². The third-order valence-electron chi connectivity index (χ3n) is 6.98. The zero-order valence-corrected chi connectivity index (χ0v) is 13.1. The van der Waals surface area contributed by atoms with E-state index in [1.54, 1.807) is 0 Å². The molecule has 1 fully saturated rings. The Morgan fingerprint density at radius 1 is 1.00 bits per heavy atom. The Hall–Kier alpha value is -1.37. The summed E-state index contributed by atoms with van der Waals surface area (Å²) in [6.45, 7) is 11.5. The molecule has 1 heteroatoms. The first kappa shape index (κ1) is 13.6. The molecule has 2 bridgehead atoms. The van der Waals surface area contributed by atoms with E-state index in [0.717, 1.165) is 0 Å². The summed E-state index contributed by atoms with van der Waals surface area (Å²) in [5.41, 5.74) is 4.37. The minimum absolute atomic E-state index is 0.0150. The van der Waals surface area contributed by atoms with Crippen molar-refractivity contribution >= 4 is 6.29 Å². The lowest BCUT2D eigenvalue weighted by Crippen LogP contribution is -2.33. The molecule has 1 nitrogen and oxygen atoms in total. The maximum atomic E-state index is 11.9. The molecule has 106 valence electrons. The summed E-state index contributed by atoms with van der Waals surface area (Å²) in [6, 6.07) is 10.6. The Bertz CT molecular complexity index is 585. The Labute approximate surface area is 122 Å². The number of rotatable bonds is 2. The Morgan fingerprint density at radius 2 is 1.55 bits per heavy atom. The van der Waals surface area contributed by atoms with Crippen molar-refractivity contribution in [3.8, 4) is 0 Å². The average molecular weight is 268 g/mol. The molecule has 0 N–H and O–H groups in total. The molecule has 3 rings (SSSR count). The summed E-state index contributed by atoms with van der Waals surface area (Å²) >= 11 is 0. The van der Waals surface area contributed by atoms with E-state index >= 15 is 0 Å². The lowest BCUT2D eigenvalue weighted by Gasteiger charge is -2.39. The smallest absolute Gasteiger partial charge is 0.124 e. The van der Waals surface area contributed by atoms with Gasteiger partial charge in [0, 0.05) is 17.3 Å². The van der Waals surface area contributed by atoms with Gasteiger partial charge >= 0.3 is 0 Å². The quantitative estimate of drug-likeness (QED) is 0.566. The Kier molecular flexibility index (Phi) is 2.77. The molecule has 0 aromatic heterocycles. The van der Waals surface area contributed by atoms with Crippen LogP contribution in [0.25, 0.3) is 0 Å². The van der Waals surface area contributed by atoms with Crippen molar-refractivity contribution < 1.29 is 4.79 Å². The van der Waals surface area contributed by atoms with Crippen molar-refractivity contribution in [3.63, 3.8) is 0 Å². The Morgan fingerprint density at radius 3 is 2.10 bits per heavy atom. The minimum Gasteiger partial charge on any atom is -0.303 e. The van der Waals surface area contributed by atoms with Gasteiger partial charge in [-0.2, -0.15) is 0 Å². The predicted molar refractivity (Wildman–Crippen MR) is 82.5 cm³/mol. The fraction of sp³-hybridized carbons (Fsp3) is 0.526. The minimum atomic E-state index is 0.0150. The molecular weight excluding hydrogens is 244 g/mol. The molecule has 5 atom stereocenters. The zero-order chi connectivity index (χ0) is 14.7. The van der Waals surface area contributed by atoms with Crippen LogP contribution in [-0.4, -0.2) is 6.29 Å². The molecule has 2 aliphatic carbocycles. The predicted octanol–water partition coefficient (Wildman–Crippen LogP) is 4.60. The second-order valence-electron chi connectivity index (χ2n) is 7.09. The fourth-order valence-corrected chi connectivity index (χ4v) is 5.27. The summed E-state index contributed by atoms with van der Waals surface area (Å²) < 4.78 is 0. The first-order valence-corrected chi connectivity index (χ1v) is 7.58. The van der Waals surface area contributed by atoms with Crippen molar-refractivity contribution in [2.45, 2.75) is 40.5 Å². The van der Waals surface area contributed by atoms with E-state index in [-0.39, 0.29) is 16.7 Å². The number of hydrogen-bond donors (Lipinski definition) is 0. The van der Waals surface area contributed by atoms with Crippen molar-refractivity contribution in [3.05, 3.63) is 47.0 Å². The summed E-state index contributed by atoms with van der Waals surface area (Å²) in [5, 5.41) is 0. The molecule has 20 heavy (non-hydrogen) atoms. The summed E-state index contributed by atoms with van der Waals surface area (Å²) in [6.07, 6.45) is 1.22. The van der Waals surface area contributed by atoms with Crippen LogP contribution in [-0.2, 0) is 4.79 Å². The standard InChI is InChI=1S/C19H24O/c1-12-13(2)19(5)14(3)18(12,4)16(11-20)17(19)15-9-7-6-8-10-15/h6-11,14,16-17H,1-5H3. The van der Waals surface area contributed by atoms with Gasteiger partial charge in [0.2, 0.25) is 0 Å². The maximum Gasteiger partial charge on any atom is 0.124 e. The van der Waals surface area contributed by atoms with Crippen LogP contribution in [0.4, 0.5) is 0 Å². The molecule has 0 radical (unpaired) electrons. The van der Waals surface area contributed by atoms with Crippen molar-refractivity contribution in [2.75, 3.05) is 0 Å². The van der Waals surface area contributed by atoms with Gasteiger partial charge in [-0.25, -0.2) is 0 Å². The number of benzene rings is 1. The zero-order valence-electron chi connectivity index (χ0n) is 13.1. The Balaban J connectivity index is 2.25. The molecule has 0 spiro atoms. The number of aldehydes is 1. The largest absolute Gasteiger partial charge is 0.303 e. The summed E-state index contributed by atoms with van der Waals surface area (Å²) in [4.78, 5) is 11.9. The van der Waals surface area contributed by atoms with Gasteiger partial charge in [0.05, 0.1) is 0 Å². The molecule has 1 aromatic rings. The molecule has 0 amide bonds. The van der Waals surface area contributed by atoms with Crippen LogP contribution >= 0.6 is 0 Å². The summed E-state index contributed by atoms with van der Waals surface area (Å²) in [7, 11) is 0. The molecule has 5 unspecified atom stereocenters. The third kappa shape index (κ3) is 1.27. The van der Waals surface area contributed by atoms with Crippen LogP contribution in [0.1, 0.15) is 46.1 Å². The molecule has 2 aliphatic rings. The van der Waals surface area contributed by atoms with Crippen LogP contribution in [0, 0.1) is 22.7 Å². The van der Waals surface area contributed by atoms with Crippen molar-refractivity contribution in [1.29, 1.82) is 0 Å². The van der Waals surface area contributed by atoms with E-state index in [1.165, 1.54) is 23.0 Å². The second-order valence-corrected chi connectivity index (χ2v) is 7.09. The van der Waals surface area contributed by atoms with E-state index in [4.69, 9.17) is 0 Å². The average Bonchev–Trinajstić information content (AvgIpc) is 2.72. The van der Waals surface area contributed by atoms with Crippen LogP contribution in [0.15, 0.2) is 41.5 Å². The molecule has 1 aromatic carbocycles. The van der Waals surface area contributed by atoms with Gasteiger partial charge in [-0.3, -0.25) is 0 Å². The maximum absolute atomic E-state index is 11.9. The molecule has 0 heterocycles. The van der Waals surface area contributed by atoms with Crippen LogP contribution in [0.5, 0.6) is 0 Å². The lowest BCUT2D eigenvalue weighted by molar-refractivity contribution is -0.114.